The van der Waals surface area contributed by atoms with E-state index in [0.717, 1.165) is 35.7 Å². The van der Waals surface area contributed by atoms with Crippen molar-refractivity contribution in [2.45, 2.75) is 19.3 Å². The molecule has 0 aromatic heterocycles. The molecule has 4 heteroatoms. The Morgan fingerprint density at radius 1 is 1.04 bits per heavy atom. The Labute approximate surface area is 135 Å². The van der Waals surface area contributed by atoms with Gasteiger partial charge in [0.15, 0.2) is 0 Å². The van der Waals surface area contributed by atoms with Crippen LogP contribution in [-0.2, 0) is 9.59 Å². The fourth-order valence-corrected chi connectivity index (χ4v) is 2.87. The molecule has 0 fully saturated rings. The highest BCUT2D eigenvalue weighted by Crippen LogP contribution is 2.22. The summed E-state index contributed by atoms with van der Waals surface area (Å²) in [5.41, 5.74) is 0.767. The first-order chi connectivity index (χ1) is 11.2. The molecule has 0 heterocycles. The van der Waals surface area contributed by atoms with Crippen molar-refractivity contribution < 1.29 is 9.59 Å². The van der Waals surface area contributed by atoms with E-state index in [4.69, 9.17) is 0 Å². The molecule has 23 heavy (non-hydrogen) atoms. The molecule has 2 aromatic carbocycles. The van der Waals surface area contributed by atoms with E-state index >= 15 is 0 Å². The summed E-state index contributed by atoms with van der Waals surface area (Å²) in [5.74, 6) is -0.256. The van der Waals surface area contributed by atoms with Crippen molar-refractivity contribution in [3.63, 3.8) is 0 Å². The SMILES string of the molecule is O=C(CNC(=O)C1CC=CCC1)Nc1cccc2ccccc12. The number of fused-ring (bicyclic) bond motifs is 1. The van der Waals surface area contributed by atoms with Gasteiger partial charge >= 0.3 is 0 Å². The minimum atomic E-state index is -0.207. The van der Waals surface area contributed by atoms with Crippen LogP contribution in [0, 0.1) is 5.92 Å². The van der Waals surface area contributed by atoms with Crippen LogP contribution in [0.5, 0.6) is 0 Å². The topological polar surface area (TPSA) is 58.2 Å². The van der Waals surface area contributed by atoms with Crippen LogP contribution in [0.15, 0.2) is 54.6 Å². The van der Waals surface area contributed by atoms with Gasteiger partial charge in [-0.1, -0.05) is 48.6 Å². The Bertz CT molecular complexity index is 747. The minimum Gasteiger partial charge on any atom is -0.347 e. The largest absolute Gasteiger partial charge is 0.347 e. The van der Waals surface area contributed by atoms with Crippen LogP contribution in [0.25, 0.3) is 10.8 Å². The van der Waals surface area contributed by atoms with Gasteiger partial charge in [-0.2, -0.15) is 0 Å². The lowest BCUT2D eigenvalue weighted by Crippen LogP contribution is -2.37. The molecule has 2 amide bonds. The molecular weight excluding hydrogens is 288 g/mol. The lowest BCUT2D eigenvalue weighted by atomic mass is 9.94. The number of allylic oxidation sites excluding steroid dienone is 2. The van der Waals surface area contributed by atoms with Crippen molar-refractivity contribution in [2.75, 3.05) is 11.9 Å². The van der Waals surface area contributed by atoms with E-state index in [2.05, 4.69) is 16.7 Å². The molecule has 0 saturated heterocycles. The van der Waals surface area contributed by atoms with E-state index in [9.17, 15) is 9.59 Å². The first-order valence-corrected chi connectivity index (χ1v) is 7.94. The van der Waals surface area contributed by atoms with Gasteiger partial charge in [0.1, 0.15) is 0 Å². The molecule has 1 atom stereocenters. The molecule has 1 aliphatic carbocycles. The fourth-order valence-electron chi connectivity index (χ4n) is 2.87. The van der Waals surface area contributed by atoms with E-state index in [-0.39, 0.29) is 24.3 Å². The normalized spacial score (nSPS) is 17.0. The summed E-state index contributed by atoms with van der Waals surface area (Å²) in [4.78, 5) is 24.1. The van der Waals surface area contributed by atoms with Crippen LogP contribution >= 0.6 is 0 Å². The highest BCUT2D eigenvalue weighted by molar-refractivity contribution is 6.03. The molecule has 3 rings (SSSR count). The zero-order valence-electron chi connectivity index (χ0n) is 12.9. The van der Waals surface area contributed by atoms with Gasteiger partial charge in [0, 0.05) is 17.0 Å². The molecule has 0 aliphatic heterocycles. The third kappa shape index (κ3) is 3.77. The van der Waals surface area contributed by atoms with Gasteiger partial charge in [-0.15, -0.1) is 0 Å². The monoisotopic (exact) mass is 308 g/mol. The molecule has 0 saturated carbocycles. The number of hydrogen-bond donors (Lipinski definition) is 2. The second-order valence-corrected chi connectivity index (χ2v) is 5.77. The van der Waals surface area contributed by atoms with E-state index in [0.29, 0.717) is 0 Å². The lowest BCUT2D eigenvalue weighted by Gasteiger charge is -2.17. The lowest BCUT2D eigenvalue weighted by molar-refractivity contribution is -0.127. The summed E-state index contributed by atoms with van der Waals surface area (Å²) in [6, 6.07) is 13.7. The Kier molecular flexibility index (Phi) is 4.71. The number of anilines is 1. The van der Waals surface area contributed by atoms with E-state index < -0.39 is 0 Å². The maximum absolute atomic E-state index is 12.1. The summed E-state index contributed by atoms with van der Waals surface area (Å²) < 4.78 is 0. The van der Waals surface area contributed by atoms with Crippen molar-refractivity contribution in [1.82, 2.24) is 5.32 Å². The average molecular weight is 308 g/mol. The van der Waals surface area contributed by atoms with Crippen molar-refractivity contribution in [2.24, 2.45) is 5.92 Å². The van der Waals surface area contributed by atoms with Crippen LogP contribution in [0.2, 0.25) is 0 Å². The van der Waals surface area contributed by atoms with E-state index in [1.165, 1.54) is 0 Å². The Balaban J connectivity index is 1.58. The molecule has 1 aliphatic rings. The molecule has 0 bridgehead atoms. The summed E-state index contributed by atoms with van der Waals surface area (Å²) in [5, 5.41) is 7.68. The molecule has 0 spiro atoms. The van der Waals surface area contributed by atoms with Crippen molar-refractivity contribution in [1.29, 1.82) is 0 Å². The fraction of sp³-hybridized carbons (Fsp3) is 0.263. The summed E-state index contributed by atoms with van der Waals surface area (Å²) in [7, 11) is 0. The number of amides is 2. The first-order valence-electron chi connectivity index (χ1n) is 7.94. The van der Waals surface area contributed by atoms with Gasteiger partial charge in [-0.3, -0.25) is 9.59 Å². The van der Waals surface area contributed by atoms with Crippen LogP contribution in [-0.4, -0.2) is 18.4 Å². The standard InChI is InChI=1S/C19H20N2O2/c22-18(13-20-19(23)15-8-2-1-3-9-15)21-17-12-6-10-14-7-4-5-11-16(14)17/h1-2,4-7,10-12,15H,3,8-9,13H2,(H,20,23)(H,21,22). The van der Waals surface area contributed by atoms with Gasteiger partial charge in [0.05, 0.1) is 6.54 Å². The summed E-state index contributed by atoms with van der Waals surface area (Å²) in [6.07, 6.45) is 6.67. The van der Waals surface area contributed by atoms with Gasteiger partial charge < -0.3 is 10.6 Å². The number of carbonyl (C=O) groups excluding carboxylic acids is 2. The quantitative estimate of drug-likeness (QED) is 0.852. The van der Waals surface area contributed by atoms with Crippen LogP contribution in [0.1, 0.15) is 19.3 Å². The number of hydrogen-bond acceptors (Lipinski definition) is 2. The van der Waals surface area contributed by atoms with Gasteiger partial charge in [-0.25, -0.2) is 0 Å². The van der Waals surface area contributed by atoms with Gasteiger partial charge in [0.2, 0.25) is 11.8 Å². The van der Waals surface area contributed by atoms with Crippen molar-refractivity contribution in [3.8, 4) is 0 Å². The number of rotatable bonds is 4. The minimum absolute atomic E-state index is 0.00225. The summed E-state index contributed by atoms with van der Waals surface area (Å²) >= 11 is 0. The summed E-state index contributed by atoms with van der Waals surface area (Å²) in [6.45, 7) is 0.00225. The van der Waals surface area contributed by atoms with Crippen LogP contribution in [0.3, 0.4) is 0 Å². The van der Waals surface area contributed by atoms with Gasteiger partial charge in [-0.05, 0) is 30.7 Å². The number of carbonyl (C=O) groups is 2. The molecule has 2 N–H and O–H groups in total. The Morgan fingerprint density at radius 2 is 1.87 bits per heavy atom. The third-order valence-corrected chi connectivity index (χ3v) is 4.13. The predicted molar refractivity (Wildman–Crippen MR) is 92.1 cm³/mol. The number of nitrogens with one attached hydrogen (secondary N) is 2. The molecule has 2 aromatic rings. The zero-order chi connectivity index (χ0) is 16.1. The van der Waals surface area contributed by atoms with Crippen molar-refractivity contribution in [3.05, 3.63) is 54.6 Å². The van der Waals surface area contributed by atoms with E-state index in [1.54, 1.807) is 0 Å². The van der Waals surface area contributed by atoms with Crippen LogP contribution in [0.4, 0.5) is 5.69 Å². The van der Waals surface area contributed by atoms with Crippen molar-refractivity contribution >= 4 is 28.3 Å². The number of benzene rings is 2. The Hall–Kier alpha value is -2.62. The zero-order valence-corrected chi connectivity index (χ0v) is 12.9. The third-order valence-electron chi connectivity index (χ3n) is 4.13. The highest BCUT2D eigenvalue weighted by Gasteiger charge is 2.19. The molecule has 1 unspecified atom stereocenters. The predicted octanol–water partition coefficient (Wildman–Crippen LogP) is 3.25. The Morgan fingerprint density at radius 3 is 2.70 bits per heavy atom. The molecule has 4 nitrogen and oxygen atoms in total. The second kappa shape index (κ2) is 7.09. The van der Waals surface area contributed by atoms with E-state index in [1.807, 2.05) is 48.5 Å². The average Bonchev–Trinajstić information content (AvgIpc) is 2.61. The maximum atomic E-state index is 12.1. The van der Waals surface area contributed by atoms with Crippen LogP contribution < -0.4 is 10.6 Å². The molecule has 118 valence electrons. The first kappa shape index (κ1) is 15.3. The highest BCUT2D eigenvalue weighted by atomic mass is 16.2. The van der Waals surface area contributed by atoms with Gasteiger partial charge in [0.25, 0.3) is 0 Å². The molecule has 0 radical (unpaired) electrons. The smallest absolute Gasteiger partial charge is 0.243 e. The maximum Gasteiger partial charge on any atom is 0.243 e. The second-order valence-electron chi connectivity index (χ2n) is 5.77. The molecular formula is C19H20N2O2.